The summed E-state index contributed by atoms with van der Waals surface area (Å²) in [6.07, 6.45) is -1.75. The Labute approximate surface area is 151 Å². The summed E-state index contributed by atoms with van der Waals surface area (Å²) in [5.74, 6) is -0.524. The van der Waals surface area contributed by atoms with Crippen molar-refractivity contribution in [2.45, 2.75) is 13.2 Å². The normalized spacial score (nSPS) is 15.0. The Balaban J connectivity index is 0.000000190. The highest BCUT2D eigenvalue weighted by molar-refractivity contribution is 6.08. The molecule has 0 saturated carbocycles. The molecule has 1 aliphatic heterocycles. The van der Waals surface area contributed by atoms with Crippen molar-refractivity contribution in [1.29, 1.82) is 0 Å². The van der Waals surface area contributed by atoms with E-state index >= 15 is 0 Å². The molecule has 6 heteroatoms. The average molecular weight is 354 g/mol. The fraction of sp³-hybridized carbons (Fsp3) is 0.150. The summed E-state index contributed by atoms with van der Waals surface area (Å²) >= 11 is 0. The van der Waals surface area contributed by atoms with Crippen LogP contribution in [0.4, 0.5) is 4.79 Å². The molecule has 2 aromatic rings. The number of carbonyl (C=O) groups excluding carboxylic acids is 3. The summed E-state index contributed by atoms with van der Waals surface area (Å²) in [6.45, 7) is 4.80. The second-order valence-electron chi connectivity index (χ2n) is 5.36. The molecule has 0 amide bonds. The molecule has 26 heavy (non-hydrogen) atoms. The second kappa shape index (κ2) is 9.17. The van der Waals surface area contributed by atoms with Crippen molar-refractivity contribution >= 4 is 17.9 Å². The first kappa shape index (κ1) is 18.9. The number of benzene rings is 2. The molecule has 0 bridgehead atoms. The molecular formula is C20H18O6. The van der Waals surface area contributed by atoms with Crippen molar-refractivity contribution < 1.29 is 28.6 Å². The highest BCUT2D eigenvalue weighted by Crippen LogP contribution is 2.09. The molecule has 0 N–H and O–H groups in total. The predicted molar refractivity (Wildman–Crippen MR) is 93.4 cm³/mol. The molecule has 2 aromatic carbocycles. The van der Waals surface area contributed by atoms with Gasteiger partial charge in [-0.15, -0.1) is 0 Å². The minimum atomic E-state index is -0.929. The molecule has 3 rings (SSSR count). The Morgan fingerprint density at radius 3 is 1.88 bits per heavy atom. The summed E-state index contributed by atoms with van der Waals surface area (Å²) in [4.78, 5) is 33.0. The number of carbonyl (C=O) groups is 3. The van der Waals surface area contributed by atoms with Crippen molar-refractivity contribution in [3.8, 4) is 0 Å². The van der Waals surface area contributed by atoms with E-state index in [1.165, 1.54) is 6.92 Å². The van der Waals surface area contributed by atoms with Crippen molar-refractivity contribution in [3.05, 3.63) is 83.9 Å². The van der Waals surface area contributed by atoms with Crippen LogP contribution in [0.5, 0.6) is 0 Å². The number of ketones is 1. The smallest absolute Gasteiger partial charge is 0.426 e. The van der Waals surface area contributed by atoms with E-state index in [0.29, 0.717) is 0 Å². The lowest BCUT2D eigenvalue weighted by atomic mass is 10.0. The van der Waals surface area contributed by atoms with Gasteiger partial charge in [-0.25, -0.2) is 9.59 Å². The fourth-order valence-electron chi connectivity index (χ4n) is 1.94. The standard InChI is InChI=1S/C13H10O.C7H8O5/c14-13(11-7-3-1-4-8-11)12-9-5-2-6-10-12;1-4(2)6(8)11-5-3-10-7(9)12-5/h1-10H;5H,1,3H2,2H3. The third kappa shape index (κ3) is 5.59. The van der Waals surface area contributed by atoms with Crippen LogP contribution in [0.3, 0.4) is 0 Å². The monoisotopic (exact) mass is 354 g/mol. The summed E-state index contributed by atoms with van der Waals surface area (Å²) in [7, 11) is 0. The van der Waals surface area contributed by atoms with Crippen molar-refractivity contribution in [3.63, 3.8) is 0 Å². The third-order valence-electron chi connectivity index (χ3n) is 3.22. The van der Waals surface area contributed by atoms with Crippen LogP contribution < -0.4 is 0 Å². The Bertz CT molecular complexity index is 741. The number of rotatable bonds is 4. The maximum absolute atomic E-state index is 11.8. The molecule has 1 fully saturated rings. The van der Waals surface area contributed by atoms with Gasteiger partial charge >= 0.3 is 12.1 Å². The maximum atomic E-state index is 11.8. The number of cyclic esters (lactones) is 2. The van der Waals surface area contributed by atoms with Gasteiger partial charge in [-0.05, 0) is 6.92 Å². The molecule has 1 heterocycles. The Hall–Kier alpha value is -3.41. The second-order valence-corrected chi connectivity index (χ2v) is 5.36. The minimum Gasteiger partial charge on any atom is -0.426 e. The van der Waals surface area contributed by atoms with Gasteiger partial charge in [0.15, 0.2) is 12.4 Å². The molecule has 0 aromatic heterocycles. The number of hydrogen-bond donors (Lipinski definition) is 0. The Morgan fingerprint density at radius 2 is 1.50 bits per heavy atom. The summed E-state index contributed by atoms with van der Waals surface area (Å²) in [5.41, 5.74) is 1.72. The molecule has 1 unspecified atom stereocenters. The van der Waals surface area contributed by atoms with Crippen LogP contribution in [0.1, 0.15) is 22.8 Å². The van der Waals surface area contributed by atoms with Crippen LogP contribution >= 0.6 is 0 Å². The van der Waals surface area contributed by atoms with E-state index < -0.39 is 18.4 Å². The van der Waals surface area contributed by atoms with Gasteiger partial charge in [0.05, 0.1) is 0 Å². The Kier molecular flexibility index (Phi) is 6.68. The lowest BCUT2D eigenvalue weighted by molar-refractivity contribution is -0.157. The van der Waals surface area contributed by atoms with Crippen molar-refractivity contribution in [2.75, 3.05) is 6.61 Å². The maximum Gasteiger partial charge on any atom is 0.511 e. The molecule has 0 spiro atoms. The molecule has 0 radical (unpaired) electrons. The van der Waals surface area contributed by atoms with E-state index in [-0.39, 0.29) is 18.0 Å². The topological polar surface area (TPSA) is 78.9 Å². The van der Waals surface area contributed by atoms with Crippen LogP contribution in [0.15, 0.2) is 72.8 Å². The number of ether oxygens (including phenoxy) is 3. The first-order chi connectivity index (χ1) is 12.5. The van der Waals surface area contributed by atoms with E-state index in [9.17, 15) is 14.4 Å². The molecule has 1 aliphatic rings. The van der Waals surface area contributed by atoms with Gasteiger partial charge in [-0.1, -0.05) is 67.2 Å². The summed E-state index contributed by atoms with van der Waals surface area (Å²) < 4.78 is 13.5. The van der Waals surface area contributed by atoms with Gasteiger partial charge < -0.3 is 14.2 Å². The highest BCUT2D eigenvalue weighted by Gasteiger charge is 2.28. The van der Waals surface area contributed by atoms with Gasteiger partial charge in [0.2, 0.25) is 0 Å². The van der Waals surface area contributed by atoms with Crippen LogP contribution in [0, 0.1) is 0 Å². The Morgan fingerprint density at radius 1 is 1.00 bits per heavy atom. The zero-order valence-corrected chi connectivity index (χ0v) is 14.2. The molecule has 6 nitrogen and oxygen atoms in total. The van der Waals surface area contributed by atoms with E-state index in [2.05, 4.69) is 20.8 Å². The number of esters is 1. The van der Waals surface area contributed by atoms with E-state index in [1.807, 2.05) is 60.7 Å². The minimum absolute atomic E-state index is 0.0577. The molecule has 134 valence electrons. The van der Waals surface area contributed by atoms with Gasteiger partial charge in [-0.3, -0.25) is 4.79 Å². The quantitative estimate of drug-likeness (QED) is 0.475. The summed E-state index contributed by atoms with van der Waals surface area (Å²) in [5, 5.41) is 0. The predicted octanol–water partition coefficient (Wildman–Crippen LogP) is 3.52. The van der Waals surface area contributed by atoms with Gasteiger partial charge in [0.1, 0.15) is 0 Å². The lowest BCUT2D eigenvalue weighted by Gasteiger charge is -2.06. The number of hydrogen-bond acceptors (Lipinski definition) is 6. The van der Waals surface area contributed by atoms with E-state index in [1.54, 1.807) is 0 Å². The van der Waals surface area contributed by atoms with E-state index in [0.717, 1.165) is 11.1 Å². The molecule has 0 aliphatic carbocycles. The van der Waals surface area contributed by atoms with Gasteiger partial charge in [0.25, 0.3) is 6.29 Å². The van der Waals surface area contributed by atoms with Crippen LogP contribution in [-0.4, -0.2) is 30.8 Å². The average Bonchev–Trinajstić information content (AvgIpc) is 3.07. The molecule has 1 saturated heterocycles. The largest absolute Gasteiger partial charge is 0.511 e. The zero-order chi connectivity index (χ0) is 18.9. The fourth-order valence-corrected chi connectivity index (χ4v) is 1.94. The zero-order valence-electron chi connectivity index (χ0n) is 14.2. The molecule has 1 atom stereocenters. The van der Waals surface area contributed by atoms with Crippen LogP contribution in [-0.2, 0) is 19.0 Å². The van der Waals surface area contributed by atoms with Crippen LogP contribution in [0.25, 0.3) is 0 Å². The van der Waals surface area contributed by atoms with Gasteiger partial charge in [-0.2, -0.15) is 0 Å². The SMILES string of the molecule is C=C(C)C(=O)OC1COC(=O)O1.O=C(c1ccccc1)c1ccccc1. The summed E-state index contributed by atoms with van der Waals surface area (Å²) in [6, 6.07) is 18.6. The van der Waals surface area contributed by atoms with Crippen molar-refractivity contribution in [1.82, 2.24) is 0 Å². The van der Waals surface area contributed by atoms with Crippen molar-refractivity contribution in [2.24, 2.45) is 0 Å². The third-order valence-corrected chi connectivity index (χ3v) is 3.22. The highest BCUT2D eigenvalue weighted by atomic mass is 16.8. The van der Waals surface area contributed by atoms with E-state index in [4.69, 9.17) is 0 Å². The van der Waals surface area contributed by atoms with Crippen LogP contribution in [0.2, 0.25) is 0 Å². The molecular weight excluding hydrogens is 336 g/mol. The first-order valence-electron chi connectivity index (χ1n) is 7.82. The lowest BCUT2D eigenvalue weighted by Crippen LogP contribution is -2.20. The first-order valence-corrected chi connectivity index (χ1v) is 7.82. The van der Waals surface area contributed by atoms with Gasteiger partial charge in [0, 0.05) is 16.7 Å².